The summed E-state index contributed by atoms with van der Waals surface area (Å²) in [5, 5.41) is 6.49. The Balaban J connectivity index is 1.91. The van der Waals surface area contributed by atoms with E-state index < -0.39 is 6.36 Å². The van der Waals surface area contributed by atoms with Gasteiger partial charge in [-0.1, -0.05) is 38.1 Å². The summed E-state index contributed by atoms with van der Waals surface area (Å²) in [4.78, 5) is 2.33. The first-order valence-corrected chi connectivity index (χ1v) is 9.41. The van der Waals surface area contributed by atoms with Gasteiger partial charge in [-0.15, -0.1) is 13.2 Å². The van der Waals surface area contributed by atoms with Gasteiger partial charge in [0.2, 0.25) is 0 Å². The van der Waals surface area contributed by atoms with Crippen LogP contribution < -0.4 is 15.4 Å². The van der Waals surface area contributed by atoms with E-state index >= 15 is 0 Å². The number of nitrogens with zero attached hydrogens (tertiary/aromatic N) is 1. The van der Waals surface area contributed by atoms with Gasteiger partial charge in [0.1, 0.15) is 5.75 Å². The minimum absolute atomic E-state index is 0.276. The van der Waals surface area contributed by atoms with Crippen LogP contribution in [0.1, 0.15) is 25.0 Å². The molecule has 0 unspecified atom stereocenters. The number of alkyl halides is 3. The van der Waals surface area contributed by atoms with Gasteiger partial charge >= 0.3 is 6.36 Å². The fourth-order valence-electron chi connectivity index (χ4n) is 2.66. The second-order valence-corrected chi connectivity index (χ2v) is 6.52. The average Bonchev–Trinajstić information content (AvgIpc) is 2.65. The number of benzene rings is 2. The average molecular weight is 411 g/mol. The number of nitrogens with one attached hydrogen (secondary N) is 2. The van der Waals surface area contributed by atoms with Crippen LogP contribution in [0.25, 0.3) is 0 Å². The van der Waals surface area contributed by atoms with E-state index in [9.17, 15) is 13.2 Å². The number of anilines is 1. The molecule has 2 aromatic carbocycles. The summed E-state index contributed by atoms with van der Waals surface area (Å²) in [5.41, 5.74) is 2.95. The molecule has 2 aromatic rings. The van der Waals surface area contributed by atoms with Gasteiger partial charge in [0, 0.05) is 18.8 Å². The second kappa shape index (κ2) is 10.3. The highest BCUT2D eigenvalue weighted by molar-refractivity contribution is 7.80. The molecule has 0 saturated carbocycles. The van der Waals surface area contributed by atoms with E-state index in [1.165, 1.54) is 29.8 Å². The largest absolute Gasteiger partial charge is 0.573 e. The Labute approximate surface area is 168 Å². The van der Waals surface area contributed by atoms with Crippen molar-refractivity contribution in [2.75, 3.05) is 18.4 Å². The third-order valence-corrected chi connectivity index (χ3v) is 4.44. The van der Waals surface area contributed by atoms with Crippen LogP contribution in [0.15, 0.2) is 48.5 Å². The highest BCUT2D eigenvalue weighted by atomic mass is 32.1. The Kier molecular flexibility index (Phi) is 8.07. The number of hydrogen-bond acceptors (Lipinski definition) is 3. The maximum Gasteiger partial charge on any atom is 0.573 e. The molecule has 0 aliphatic rings. The molecule has 4 nitrogen and oxygen atoms in total. The summed E-state index contributed by atoms with van der Waals surface area (Å²) in [6, 6.07) is 13.6. The third-order valence-electron chi connectivity index (χ3n) is 4.19. The molecular formula is C20H24F3N3OS. The Morgan fingerprint density at radius 2 is 1.61 bits per heavy atom. The van der Waals surface area contributed by atoms with Gasteiger partial charge in [0.05, 0.1) is 0 Å². The van der Waals surface area contributed by atoms with Crippen LogP contribution in [0.4, 0.5) is 18.9 Å². The summed E-state index contributed by atoms with van der Waals surface area (Å²) in [5.74, 6) is -0.276. The molecule has 0 fully saturated rings. The molecule has 0 amide bonds. The van der Waals surface area contributed by atoms with Crippen LogP contribution in [0.5, 0.6) is 5.75 Å². The van der Waals surface area contributed by atoms with Crippen LogP contribution in [-0.2, 0) is 13.1 Å². The minimum atomic E-state index is -4.70. The first-order valence-electron chi connectivity index (χ1n) is 9.00. The predicted octanol–water partition coefficient (Wildman–Crippen LogP) is 4.91. The summed E-state index contributed by atoms with van der Waals surface area (Å²) in [6.45, 7) is 7.64. The van der Waals surface area contributed by atoms with Crippen molar-refractivity contribution in [1.29, 1.82) is 0 Å². The van der Waals surface area contributed by atoms with E-state index in [1.807, 2.05) is 12.1 Å². The molecule has 0 heterocycles. The number of halogens is 3. The molecule has 0 aromatic heterocycles. The highest BCUT2D eigenvalue weighted by Crippen LogP contribution is 2.24. The van der Waals surface area contributed by atoms with Crippen molar-refractivity contribution in [1.82, 2.24) is 10.2 Å². The van der Waals surface area contributed by atoms with E-state index in [0.717, 1.165) is 25.2 Å². The molecule has 0 spiro atoms. The van der Waals surface area contributed by atoms with E-state index in [-0.39, 0.29) is 5.75 Å². The fraction of sp³-hybridized carbons (Fsp3) is 0.350. The van der Waals surface area contributed by atoms with Crippen LogP contribution in [0.3, 0.4) is 0 Å². The maximum absolute atomic E-state index is 12.2. The molecule has 0 saturated heterocycles. The molecule has 2 N–H and O–H groups in total. The number of thiocarbonyl (C=S) groups is 1. The van der Waals surface area contributed by atoms with Gasteiger partial charge in [0.25, 0.3) is 0 Å². The summed E-state index contributed by atoms with van der Waals surface area (Å²) in [6.07, 6.45) is -4.70. The topological polar surface area (TPSA) is 36.5 Å². The van der Waals surface area contributed by atoms with Gasteiger partial charge in [-0.2, -0.15) is 0 Å². The molecule has 0 radical (unpaired) electrons. The van der Waals surface area contributed by atoms with Gasteiger partial charge in [-0.25, -0.2) is 0 Å². The molecular weight excluding hydrogens is 387 g/mol. The monoisotopic (exact) mass is 411 g/mol. The molecule has 8 heteroatoms. The van der Waals surface area contributed by atoms with E-state index in [0.29, 0.717) is 17.3 Å². The van der Waals surface area contributed by atoms with E-state index in [4.69, 9.17) is 12.2 Å². The zero-order chi connectivity index (χ0) is 20.6. The Bertz CT molecular complexity index is 762. The number of hydrogen-bond donors (Lipinski definition) is 2. The summed E-state index contributed by atoms with van der Waals surface area (Å²) in [7, 11) is 0. The zero-order valence-electron chi connectivity index (χ0n) is 15.8. The smallest absolute Gasteiger partial charge is 0.406 e. The Morgan fingerprint density at radius 1 is 1.00 bits per heavy atom. The van der Waals surface area contributed by atoms with Crippen molar-refractivity contribution in [3.05, 3.63) is 59.7 Å². The molecule has 0 aliphatic carbocycles. The van der Waals surface area contributed by atoms with Gasteiger partial charge in [0.15, 0.2) is 5.11 Å². The maximum atomic E-state index is 12.2. The van der Waals surface area contributed by atoms with E-state index in [1.54, 1.807) is 0 Å². The Morgan fingerprint density at radius 3 is 2.18 bits per heavy atom. The van der Waals surface area contributed by atoms with Gasteiger partial charge < -0.3 is 15.4 Å². The van der Waals surface area contributed by atoms with Crippen molar-refractivity contribution in [2.45, 2.75) is 33.3 Å². The minimum Gasteiger partial charge on any atom is -0.406 e. The van der Waals surface area contributed by atoms with Gasteiger partial charge in [-0.05, 0) is 60.7 Å². The first-order chi connectivity index (χ1) is 13.3. The second-order valence-electron chi connectivity index (χ2n) is 6.11. The fourth-order valence-corrected chi connectivity index (χ4v) is 2.85. The van der Waals surface area contributed by atoms with Crippen molar-refractivity contribution in [3.63, 3.8) is 0 Å². The molecule has 152 valence electrons. The number of ether oxygens (including phenoxy) is 1. The van der Waals surface area contributed by atoms with Crippen molar-refractivity contribution in [3.8, 4) is 5.75 Å². The van der Waals surface area contributed by atoms with Crippen LogP contribution in [-0.4, -0.2) is 29.5 Å². The van der Waals surface area contributed by atoms with Crippen molar-refractivity contribution >= 4 is 23.0 Å². The number of rotatable bonds is 8. The summed E-state index contributed by atoms with van der Waals surface area (Å²) < 4.78 is 40.4. The lowest BCUT2D eigenvalue weighted by atomic mass is 10.1. The molecule has 0 bridgehead atoms. The SMILES string of the molecule is CCN(CC)Cc1ccccc1CNC(=S)Nc1ccc(OC(F)(F)F)cc1. The van der Waals surface area contributed by atoms with Crippen molar-refractivity contribution in [2.24, 2.45) is 0 Å². The lowest BCUT2D eigenvalue weighted by Gasteiger charge is -2.20. The van der Waals surface area contributed by atoms with Crippen molar-refractivity contribution < 1.29 is 17.9 Å². The van der Waals surface area contributed by atoms with Crippen LogP contribution >= 0.6 is 12.2 Å². The molecule has 0 aliphatic heterocycles. The van der Waals surface area contributed by atoms with Gasteiger partial charge in [-0.3, -0.25) is 4.90 Å². The molecule has 28 heavy (non-hydrogen) atoms. The highest BCUT2D eigenvalue weighted by Gasteiger charge is 2.30. The predicted molar refractivity (Wildman–Crippen MR) is 109 cm³/mol. The van der Waals surface area contributed by atoms with Crippen LogP contribution in [0, 0.1) is 0 Å². The zero-order valence-corrected chi connectivity index (χ0v) is 16.7. The summed E-state index contributed by atoms with van der Waals surface area (Å²) >= 11 is 5.29. The normalized spacial score (nSPS) is 11.4. The lowest BCUT2D eigenvalue weighted by molar-refractivity contribution is -0.274. The quantitative estimate of drug-likeness (QED) is 0.604. The van der Waals surface area contributed by atoms with Crippen LogP contribution in [0.2, 0.25) is 0 Å². The standard InChI is InChI=1S/C20H24F3N3OS/c1-3-26(4-2)14-16-8-6-5-7-15(16)13-24-19(28)25-17-9-11-18(12-10-17)27-20(21,22)23/h5-12H,3-4,13-14H2,1-2H3,(H2,24,25,28). The molecule has 0 atom stereocenters. The molecule has 2 rings (SSSR count). The third kappa shape index (κ3) is 7.36. The Hall–Kier alpha value is -2.32. The first kappa shape index (κ1) is 22.0. The van der Waals surface area contributed by atoms with E-state index in [2.05, 4.69) is 46.3 Å². The lowest BCUT2D eigenvalue weighted by Crippen LogP contribution is -2.29.